The highest BCUT2D eigenvalue weighted by Crippen LogP contribution is 1.89. The first-order chi connectivity index (χ1) is 5.74. The molecule has 0 fully saturated rings. The van der Waals surface area contributed by atoms with E-state index in [1.807, 2.05) is 35.9 Å². The van der Waals surface area contributed by atoms with Crippen molar-refractivity contribution >= 4 is 0 Å². The van der Waals surface area contributed by atoms with Crippen LogP contribution in [0, 0.1) is 6.92 Å². The smallest absolute Gasteiger partial charge is 0.178 e. The minimum absolute atomic E-state index is 0.193. The summed E-state index contributed by atoms with van der Waals surface area (Å²) in [6, 6.07) is 5.80. The standard InChI is InChI=1S/C9H14NO2/c1-8-4-2-3-5-10(8)6-9(12)7-11/h2-5,9,11-12H,6-7H2,1H3/q+1. The molecule has 0 radical (unpaired) electrons. The Balaban J connectivity index is 2.69. The molecule has 0 bridgehead atoms. The van der Waals surface area contributed by atoms with Gasteiger partial charge < -0.3 is 10.2 Å². The number of aliphatic hydroxyl groups is 2. The maximum absolute atomic E-state index is 9.16. The zero-order valence-electron chi connectivity index (χ0n) is 7.14. The van der Waals surface area contributed by atoms with Crippen LogP contribution in [0.3, 0.4) is 0 Å². The van der Waals surface area contributed by atoms with Gasteiger partial charge in [0.1, 0.15) is 6.10 Å². The third-order valence-corrected chi connectivity index (χ3v) is 1.79. The number of hydrogen-bond donors (Lipinski definition) is 2. The van der Waals surface area contributed by atoms with E-state index < -0.39 is 6.10 Å². The number of aliphatic hydroxyl groups excluding tert-OH is 2. The molecule has 0 amide bonds. The number of hydrogen-bond acceptors (Lipinski definition) is 2. The highest BCUT2D eigenvalue weighted by molar-refractivity contribution is 4.94. The second-order valence-corrected chi connectivity index (χ2v) is 2.83. The summed E-state index contributed by atoms with van der Waals surface area (Å²) in [5.41, 5.74) is 1.07. The van der Waals surface area contributed by atoms with Crippen LogP contribution < -0.4 is 4.57 Å². The Kier molecular flexibility index (Phi) is 3.19. The van der Waals surface area contributed by atoms with Gasteiger partial charge in [-0.3, -0.25) is 0 Å². The molecule has 0 aromatic carbocycles. The third-order valence-electron chi connectivity index (χ3n) is 1.79. The summed E-state index contributed by atoms with van der Waals surface area (Å²) in [4.78, 5) is 0. The summed E-state index contributed by atoms with van der Waals surface area (Å²) in [5.74, 6) is 0. The Morgan fingerprint density at radius 1 is 1.50 bits per heavy atom. The number of nitrogens with zero attached hydrogens (tertiary/aromatic N) is 1. The molecule has 0 aliphatic carbocycles. The zero-order chi connectivity index (χ0) is 8.97. The molecule has 1 rings (SSSR count). The molecule has 0 aliphatic heterocycles. The lowest BCUT2D eigenvalue weighted by molar-refractivity contribution is -0.709. The molecular weight excluding hydrogens is 154 g/mol. The van der Waals surface area contributed by atoms with Crippen molar-refractivity contribution in [3.63, 3.8) is 0 Å². The Morgan fingerprint density at radius 2 is 2.25 bits per heavy atom. The van der Waals surface area contributed by atoms with Crippen molar-refractivity contribution in [3.8, 4) is 0 Å². The second kappa shape index (κ2) is 4.18. The average Bonchev–Trinajstić information content (AvgIpc) is 2.09. The largest absolute Gasteiger partial charge is 0.393 e. The van der Waals surface area contributed by atoms with Crippen LogP contribution in [-0.4, -0.2) is 22.9 Å². The van der Waals surface area contributed by atoms with Crippen LogP contribution in [0.15, 0.2) is 24.4 Å². The highest BCUT2D eigenvalue weighted by Gasteiger charge is 2.10. The van der Waals surface area contributed by atoms with E-state index in [2.05, 4.69) is 0 Å². The lowest BCUT2D eigenvalue weighted by atomic mass is 10.3. The van der Waals surface area contributed by atoms with Crippen LogP contribution in [0.2, 0.25) is 0 Å². The van der Waals surface area contributed by atoms with Gasteiger partial charge in [0.2, 0.25) is 0 Å². The van der Waals surface area contributed by atoms with Crippen LogP contribution >= 0.6 is 0 Å². The number of pyridine rings is 1. The van der Waals surface area contributed by atoms with Gasteiger partial charge in [0.15, 0.2) is 18.4 Å². The van der Waals surface area contributed by atoms with Crippen LogP contribution in [0.5, 0.6) is 0 Å². The summed E-state index contributed by atoms with van der Waals surface area (Å²) in [6.45, 7) is 2.22. The van der Waals surface area contributed by atoms with Gasteiger partial charge in [0, 0.05) is 19.1 Å². The van der Waals surface area contributed by atoms with Gasteiger partial charge in [-0.25, -0.2) is 0 Å². The van der Waals surface area contributed by atoms with Gasteiger partial charge in [-0.05, 0) is 0 Å². The molecule has 1 aromatic rings. The quantitative estimate of drug-likeness (QED) is 0.605. The summed E-state index contributed by atoms with van der Waals surface area (Å²) in [6.07, 6.45) is 1.21. The van der Waals surface area contributed by atoms with Crippen LogP contribution in [0.1, 0.15) is 5.69 Å². The van der Waals surface area contributed by atoms with Crippen LogP contribution in [-0.2, 0) is 6.54 Å². The molecule has 0 spiro atoms. The fourth-order valence-electron chi connectivity index (χ4n) is 1.05. The van der Waals surface area contributed by atoms with E-state index in [1.165, 1.54) is 0 Å². The van der Waals surface area contributed by atoms with E-state index >= 15 is 0 Å². The molecule has 0 saturated carbocycles. The first-order valence-corrected chi connectivity index (χ1v) is 3.98. The molecular formula is C9H14NO2+. The molecule has 66 valence electrons. The SMILES string of the molecule is Cc1cccc[n+]1CC(O)CO. The first-order valence-electron chi connectivity index (χ1n) is 3.98. The summed E-state index contributed by atoms with van der Waals surface area (Å²) < 4.78 is 1.90. The fourth-order valence-corrected chi connectivity index (χ4v) is 1.05. The van der Waals surface area contributed by atoms with Gasteiger partial charge in [-0.15, -0.1) is 0 Å². The summed E-state index contributed by atoms with van der Waals surface area (Å²) in [5, 5.41) is 17.8. The van der Waals surface area contributed by atoms with E-state index in [9.17, 15) is 0 Å². The van der Waals surface area contributed by atoms with Crippen molar-refractivity contribution in [1.29, 1.82) is 0 Å². The maximum Gasteiger partial charge on any atom is 0.178 e. The van der Waals surface area contributed by atoms with Crippen molar-refractivity contribution in [1.82, 2.24) is 0 Å². The van der Waals surface area contributed by atoms with Crippen molar-refractivity contribution in [2.24, 2.45) is 0 Å². The average molecular weight is 168 g/mol. The Labute approximate surface area is 71.9 Å². The molecule has 0 saturated heterocycles. The van der Waals surface area contributed by atoms with Gasteiger partial charge in [-0.2, -0.15) is 4.57 Å². The van der Waals surface area contributed by atoms with Crippen molar-refractivity contribution in [2.45, 2.75) is 19.6 Å². The first kappa shape index (κ1) is 9.16. The number of aryl methyl sites for hydroxylation is 1. The van der Waals surface area contributed by atoms with Gasteiger partial charge in [-0.1, -0.05) is 6.07 Å². The predicted octanol–water partition coefficient (Wildman–Crippen LogP) is -0.364. The zero-order valence-corrected chi connectivity index (χ0v) is 7.14. The van der Waals surface area contributed by atoms with E-state index in [4.69, 9.17) is 10.2 Å². The van der Waals surface area contributed by atoms with E-state index in [-0.39, 0.29) is 6.61 Å². The molecule has 3 heteroatoms. The number of rotatable bonds is 3. The molecule has 1 unspecified atom stereocenters. The van der Waals surface area contributed by atoms with Crippen LogP contribution in [0.4, 0.5) is 0 Å². The van der Waals surface area contributed by atoms with Crippen molar-refractivity contribution < 1.29 is 14.8 Å². The Bertz CT molecular complexity index is 250. The second-order valence-electron chi connectivity index (χ2n) is 2.83. The minimum Gasteiger partial charge on any atom is -0.393 e. The van der Waals surface area contributed by atoms with E-state index in [1.54, 1.807) is 0 Å². The molecule has 2 N–H and O–H groups in total. The van der Waals surface area contributed by atoms with Gasteiger partial charge >= 0.3 is 0 Å². The minimum atomic E-state index is -0.670. The highest BCUT2D eigenvalue weighted by atomic mass is 16.3. The van der Waals surface area contributed by atoms with E-state index in [0.717, 1.165) is 5.69 Å². The molecule has 1 atom stereocenters. The molecule has 0 aliphatic rings. The van der Waals surface area contributed by atoms with E-state index in [0.29, 0.717) is 6.54 Å². The molecule has 12 heavy (non-hydrogen) atoms. The molecule has 1 aromatic heterocycles. The topological polar surface area (TPSA) is 44.3 Å². The Morgan fingerprint density at radius 3 is 2.83 bits per heavy atom. The van der Waals surface area contributed by atoms with Crippen molar-refractivity contribution in [3.05, 3.63) is 30.1 Å². The van der Waals surface area contributed by atoms with Gasteiger partial charge in [0.25, 0.3) is 0 Å². The number of aromatic nitrogens is 1. The normalized spacial score (nSPS) is 12.9. The van der Waals surface area contributed by atoms with Gasteiger partial charge in [0.05, 0.1) is 6.61 Å². The molecule has 1 heterocycles. The summed E-state index contributed by atoms with van der Waals surface area (Å²) >= 11 is 0. The predicted molar refractivity (Wildman–Crippen MR) is 44.5 cm³/mol. The fraction of sp³-hybridized carbons (Fsp3) is 0.444. The van der Waals surface area contributed by atoms with Crippen molar-refractivity contribution in [2.75, 3.05) is 6.61 Å². The monoisotopic (exact) mass is 168 g/mol. The molecule has 3 nitrogen and oxygen atoms in total. The lowest BCUT2D eigenvalue weighted by Crippen LogP contribution is -2.43. The maximum atomic E-state index is 9.16. The lowest BCUT2D eigenvalue weighted by Gasteiger charge is -2.03. The third kappa shape index (κ3) is 2.29. The summed E-state index contributed by atoms with van der Waals surface area (Å²) in [7, 11) is 0. The van der Waals surface area contributed by atoms with Crippen LogP contribution in [0.25, 0.3) is 0 Å². The Hall–Kier alpha value is -0.930.